The standard InChI is InChI=1S/C14H20O3/c1-12-16-11-14(17-12)8-5-9-15-10-13-6-3-2-4-7-13/h2-4,6-7,12,14H,5,8-11H2,1H3. The molecule has 1 aliphatic heterocycles. The molecule has 1 fully saturated rings. The number of hydrogen-bond donors (Lipinski definition) is 0. The van der Waals surface area contributed by atoms with Gasteiger partial charge in [0.15, 0.2) is 6.29 Å². The van der Waals surface area contributed by atoms with Crippen molar-refractivity contribution in [3.63, 3.8) is 0 Å². The summed E-state index contributed by atoms with van der Waals surface area (Å²) in [7, 11) is 0. The van der Waals surface area contributed by atoms with E-state index in [4.69, 9.17) is 14.2 Å². The second-order valence-electron chi connectivity index (χ2n) is 4.34. The monoisotopic (exact) mass is 236 g/mol. The van der Waals surface area contributed by atoms with Gasteiger partial charge < -0.3 is 14.2 Å². The van der Waals surface area contributed by atoms with Crippen LogP contribution in [0.2, 0.25) is 0 Å². The third-order valence-corrected chi connectivity index (χ3v) is 2.83. The van der Waals surface area contributed by atoms with Gasteiger partial charge in [-0.2, -0.15) is 0 Å². The molecule has 1 aromatic carbocycles. The molecule has 2 unspecified atom stereocenters. The lowest BCUT2D eigenvalue weighted by molar-refractivity contribution is -0.0444. The van der Waals surface area contributed by atoms with Gasteiger partial charge in [-0.05, 0) is 25.3 Å². The second kappa shape index (κ2) is 6.74. The Morgan fingerprint density at radius 1 is 1.29 bits per heavy atom. The zero-order valence-corrected chi connectivity index (χ0v) is 10.3. The van der Waals surface area contributed by atoms with E-state index in [1.807, 2.05) is 25.1 Å². The number of rotatable bonds is 6. The Labute approximate surface area is 103 Å². The minimum absolute atomic E-state index is 0.0368. The highest BCUT2D eigenvalue weighted by atomic mass is 16.7. The second-order valence-corrected chi connectivity index (χ2v) is 4.34. The molecule has 0 bridgehead atoms. The van der Waals surface area contributed by atoms with E-state index >= 15 is 0 Å². The highest BCUT2D eigenvalue weighted by molar-refractivity contribution is 5.13. The van der Waals surface area contributed by atoms with Crippen LogP contribution in [0.25, 0.3) is 0 Å². The lowest BCUT2D eigenvalue weighted by Crippen LogP contribution is -2.11. The zero-order chi connectivity index (χ0) is 11.9. The van der Waals surface area contributed by atoms with Gasteiger partial charge in [0.1, 0.15) is 0 Å². The molecule has 2 atom stereocenters. The summed E-state index contributed by atoms with van der Waals surface area (Å²) >= 11 is 0. The van der Waals surface area contributed by atoms with Crippen LogP contribution < -0.4 is 0 Å². The first-order chi connectivity index (χ1) is 8.34. The number of benzene rings is 1. The Hall–Kier alpha value is -0.900. The predicted molar refractivity (Wildman–Crippen MR) is 65.6 cm³/mol. The van der Waals surface area contributed by atoms with Crippen molar-refractivity contribution >= 4 is 0 Å². The van der Waals surface area contributed by atoms with Crippen LogP contribution in [0.15, 0.2) is 30.3 Å². The first kappa shape index (κ1) is 12.6. The van der Waals surface area contributed by atoms with E-state index in [1.54, 1.807) is 0 Å². The highest BCUT2D eigenvalue weighted by Gasteiger charge is 2.21. The number of ether oxygens (including phenoxy) is 3. The molecule has 2 rings (SSSR count). The molecule has 0 amide bonds. The summed E-state index contributed by atoms with van der Waals surface area (Å²) in [5, 5.41) is 0. The van der Waals surface area contributed by atoms with E-state index in [-0.39, 0.29) is 12.4 Å². The SMILES string of the molecule is CC1OCC(CCCOCc2ccccc2)O1. The minimum Gasteiger partial charge on any atom is -0.377 e. The third kappa shape index (κ3) is 4.46. The summed E-state index contributed by atoms with van der Waals surface area (Å²) in [6.07, 6.45) is 2.25. The van der Waals surface area contributed by atoms with Crippen LogP contribution in [0.5, 0.6) is 0 Å². The average molecular weight is 236 g/mol. The molecule has 1 aromatic rings. The van der Waals surface area contributed by atoms with Gasteiger partial charge in [0.25, 0.3) is 0 Å². The number of hydrogen-bond acceptors (Lipinski definition) is 3. The van der Waals surface area contributed by atoms with Crippen LogP contribution in [-0.4, -0.2) is 25.6 Å². The maximum atomic E-state index is 5.61. The Morgan fingerprint density at radius 2 is 2.12 bits per heavy atom. The van der Waals surface area contributed by atoms with Gasteiger partial charge in [-0.1, -0.05) is 30.3 Å². The average Bonchev–Trinajstić information content (AvgIpc) is 2.76. The van der Waals surface area contributed by atoms with Crippen molar-refractivity contribution in [3.8, 4) is 0 Å². The molecule has 0 aromatic heterocycles. The highest BCUT2D eigenvalue weighted by Crippen LogP contribution is 2.15. The first-order valence-corrected chi connectivity index (χ1v) is 6.23. The smallest absolute Gasteiger partial charge is 0.155 e. The van der Waals surface area contributed by atoms with E-state index in [0.29, 0.717) is 6.61 Å². The van der Waals surface area contributed by atoms with Crippen molar-refractivity contribution in [3.05, 3.63) is 35.9 Å². The molecule has 0 saturated carbocycles. The molecule has 0 spiro atoms. The molecule has 94 valence electrons. The van der Waals surface area contributed by atoms with E-state index in [2.05, 4.69) is 12.1 Å². The Morgan fingerprint density at radius 3 is 2.82 bits per heavy atom. The molecule has 0 aliphatic carbocycles. The fourth-order valence-electron chi connectivity index (χ4n) is 1.92. The van der Waals surface area contributed by atoms with Crippen LogP contribution >= 0.6 is 0 Å². The summed E-state index contributed by atoms with van der Waals surface area (Å²) in [5.41, 5.74) is 1.22. The van der Waals surface area contributed by atoms with Gasteiger partial charge in [-0.3, -0.25) is 0 Å². The predicted octanol–water partition coefficient (Wildman–Crippen LogP) is 2.74. The largest absolute Gasteiger partial charge is 0.377 e. The Kier molecular flexibility index (Phi) is 4.98. The van der Waals surface area contributed by atoms with Gasteiger partial charge in [0.05, 0.1) is 19.3 Å². The van der Waals surface area contributed by atoms with Gasteiger partial charge in [-0.25, -0.2) is 0 Å². The molecular formula is C14H20O3. The molecule has 1 aliphatic rings. The van der Waals surface area contributed by atoms with Crippen molar-refractivity contribution in [1.82, 2.24) is 0 Å². The normalized spacial score (nSPS) is 24.1. The molecule has 3 nitrogen and oxygen atoms in total. The van der Waals surface area contributed by atoms with Crippen LogP contribution in [0.3, 0.4) is 0 Å². The maximum absolute atomic E-state index is 5.61. The maximum Gasteiger partial charge on any atom is 0.155 e. The van der Waals surface area contributed by atoms with Gasteiger partial charge in [0, 0.05) is 6.61 Å². The van der Waals surface area contributed by atoms with Crippen molar-refractivity contribution in [2.45, 2.75) is 38.8 Å². The lowest BCUT2D eigenvalue weighted by atomic mass is 10.2. The molecule has 3 heteroatoms. The van der Waals surface area contributed by atoms with E-state index in [0.717, 1.165) is 26.1 Å². The summed E-state index contributed by atoms with van der Waals surface area (Å²) in [5.74, 6) is 0. The summed E-state index contributed by atoms with van der Waals surface area (Å²) in [6, 6.07) is 10.2. The van der Waals surface area contributed by atoms with Crippen LogP contribution in [0.4, 0.5) is 0 Å². The fraction of sp³-hybridized carbons (Fsp3) is 0.571. The fourth-order valence-corrected chi connectivity index (χ4v) is 1.92. The van der Waals surface area contributed by atoms with Crippen LogP contribution in [0.1, 0.15) is 25.3 Å². The van der Waals surface area contributed by atoms with E-state index in [1.165, 1.54) is 5.56 Å². The third-order valence-electron chi connectivity index (χ3n) is 2.83. The lowest BCUT2D eigenvalue weighted by Gasteiger charge is -2.08. The Bertz CT molecular complexity index is 313. The summed E-state index contributed by atoms with van der Waals surface area (Å²) < 4.78 is 16.5. The van der Waals surface area contributed by atoms with E-state index < -0.39 is 0 Å². The van der Waals surface area contributed by atoms with Crippen LogP contribution in [-0.2, 0) is 20.8 Å². The topological polar surface area (TPSA) is 27.7 Å². The molecule has 17 heavy (non-hydrogen) atoms. The summed E-state index contributed by atoms with van der Waals surface area (Å²) in [4.78, 5) is 0. The van der Waals surface area contributed by atoms with E-state index in [9.17, 15) is 0 Å². The minimum atomic E-state index is -0.0368. The van der Waals surface area contributed by atoms with Crippen LogP contribution in [0, 0.1) is 0 Å². The molecule has 1 heterocycles. The molecule has 1 saturated heterocycles. The zero-order valence-electron chi connectivity index (χ0n) is 10.3. The van der Waals surface area contributed by atoms with Gasteiger partial charge in [0.2, 0.25) is 0 Å². The quantitative estimate of drug-likeness (QED) is 0.711. The Balaban J connectivity index is 1.52. The van der Waals surface area contributed by atoms with Crippen molar-refractivity contribution in [1.29, 1.82) is 0 Å². The van der Waals surface area contributed by atoms with Crippen molar-refractivity contribution < 1.29 is 14.2 Å². The van der Waals surface area contributed by atoms with Gasteiger partial charge in [-0.15, -0.1) is 0 Å². The summed E-state index contributed by atoms with van der Waals surface area (Å²) in [6.45, 7) is 4.13. The molecule has 0 radical (unpaired) electrons. The molecular weight excluding hydrogens is 216 g/mol. The van der Waals surface area contributed by atoms with Gasteiger partial charge >= 0.3 is 0 Å². The van der Waals surface area contributed by atoms with Crippen molar-refractivity contribution in [2.75, 3.05) is 13.2 Å². The van der Waals surface area contributed by atoms with Crippen molar-refractivity contribution in [2.24, 2.45) is 0 Å². The first-order valence-electron chi connectivity index (χ1n) is 6.23. The molecule has 0 N–H and O–H groups in total.